The zero-order chi connectivity index (χ0) is 18.8. The van der Waals surface area contributed by atoms with Crippen LogP contribution in [0.25, 0.3) is 0 Å². The maximum absolute atomic E-state index is 10.5. The second kappa shape index (κ2) is 11.8. The van der Waals surface area contributed by atoms with Crippen LogP contribution < -0.4 is 0 Å². The number of halogens is 2. The average molecular weight is 426 g/mol. The molecule has 3 rings (SSSR count). The van der Waals surface area contributed by atoms with E-state index >= 15 is 0 Å². The summed E-state index contributed by atoms with van der Waals surface area (Å²) in [6.07, 6.45) is 9.18. The molecule has 1 saturated carbocycles. The quantitative estimate of drug-likeness (QED) is 0.410. The molecule has 2 aromatic rings. The monoisotopic (exact) mass is 425 g/mol. The molecular formula is C21H25Cl2NOTi. The van der Waals surface area contributed by atoms with Gasteiger partial charge in [-0.15, -0.1) is 0 Å². The van der Waals surface area contributed by atoms with Gasteiger partial charge in [0.25, 0.3) is 0 Å². The van der Waals surface area contributed by atoms with Gasteiger partial charge in [-0.05, 0) is 54.5 Å². The normalized spacial score (nSPS) is 14.7. The minimum atomic E-state index is -0.556. The summed E-state index contributed by atoms with van der Waals surface area (Å²) in [5.41, 5.74) is 4.15. The van der Waals surface area contributed by atoms with Gasteiger partial charge in [-0.2, -0.15) is 0 Å². The second-order valence-electron chi connectivity index (χ2n) is 6.47. The van der Waals surface area contributed by atoms with Crippen LogP contribution in [0, 0.1) is 0 Å². The fourth-order valence-corrected chi connectivity index (χ4v) is 3.44. The number of benzene rings is 2. The molecule has 1 N–H and O–H groups in total. The third kappa shape index (κ3) is 6.42. The van der Waals surface area contributed by atoms with Crippen LogP contribution in [0.4, 0.5) is 5.69 Å². The molecule has 0 unspecified atom stereocenters. The molecule has 0 bridgehead atoms. The molecule has 0 aliphatic heterocycles. The zero-order valence-electron chi connectivity index (χ0n) is 15.1. The summed E-state index contributed by atoms with van der Waals surface area (Å²) in [5.74, 6) is 1.02. The number of nitrogens with zero attached hydrogens (tertiary/aromatic N) is 1. The van der Waals surface area contributed by atoms with Crippen LogP contribution in [0.1, 0.15) is 61.6 Å². The summed E-state index contributed by atoms with van der Waals surface area (Å²) in [7, 11) is 9.78. The van der Waals surface area contributed by atoms with Crippen molar-refractivity contribution in [1.29, 1.82) is 0 Å². The Bertz CT molecular complexity index is 701. The van der Waals surface area contributed by atoms with E-state index in [0.717, 1.165) is 23.2 Å². The average Bonchev–Trinajstić information content (AvgIpc) is 2.69. The molecule has 0 amide bonds. The second-order valence-corrected chi connectivity index (χ2v) is 9.05. The van der Waals surface area contributed by atoms with E-state index in [4.69, 9.17) is 18.6 Å². The van der Waals surface area contributed by atoms with Gasteiger partial charge in [0.15, 0.2) is 0 Å². The minimum absolute atomic E-state index is 0.381. The van der Waals surface area contributed by atoms with Crippen LogP contribution >= 0.6 is 18.6 Å². The van der Waals surface area contributed by atoms with Crippen LogP contribution in [0.3, 0.4) is 0 Å². The SMILES string of the molecule is CCc1cc(C2CCCCC2)cc(C=Nc2ccccc2)c1O.[Cl][Ti][Cl]. The van der Waals surface area contributed by atoms with Crippen LogP contribution in [0.5, 0.6) is 5.75 Å². The predicted octanol–water partition coefficient (Wildman–Crippen LogP) is 7.13. The number of aromatic hydroxyl groups is 1. The molecule has 1 aliphatic rings. The Labute approximate surface area is 173 Å². The molecule has 0 spiro atoms. The van der Waals surface area contributed by atoms with Crippen molar-refractivity contribution in [1.82, 2.24) is 0 Å². The maximum atomic E-state index is 10.5. The first-order chi connectivity index (χ1) is 12.7. The molecule has 1 aliphatic carbocycles. The molecule has 5 heteroatoms. The molecule has 2 aromatic carbocycles. The van der Waals surface area contributed by atoms with Crippen molar-refractivity contribution in [3.8, 4) is 5.75 Å². The van der Waals surface area contributed by atoms with Gasteiger partial charge in [-0.3, -0.25) is 4.99 Å². The van der Waals surface area contributed by atoms with Gasteiger partial charge < -0.3 is 5.11 Å². The number of phenols is 1. The topological polar surface area (TPSA) is 32.6 Å². The first-order valence-corrected chi connectivity index (χ1v) is 13.4. The zero-order valence-corrected chi connectivity index (χ0v) is 18.2. The number of para-hydroxylation sites is 1. The fourth-order valence-electron chi connectivity index (χ4n) is 3.44. The van der Waals surface area contributed by atoms with E-state index in [2.05, 4.69) is 24.0 Å². The summed E-state index contributed by atoms with van der Waals surface area (Å²) in [5, 5.41) is 10.5. The first kappa shape index (κ1) is 21.5. The Hall–Kier alpha value is -0.796. The van der Waals surface area contributed by atoms with Gasteiger partial charge in [-0.25, -0.2) is 0 Å². The summed E-state index contributed by atoms with van der Waals surface area (Å²) in [6, 6.07) is 14.2. The molecule has 0 heterocycles. The first-order valence-electron chi connectivity index (χ1n) is 9.10. The van der Waals surface area contributed by atoms with E-state index in [1.165, 1.54) is 37.7 Å². The van der Waals surface area contributed by atoms with Crippen molar-refractivity contribution in [3.05, 3.63) is 59.2 Å². The van der Waals surface area contributed by atoms with E-state index in [9.17, 15) is 5.11 Å². The Balaban J connectivity index is 0.000000758. The summed E-state index contributed by atoms with van der Waals surface area (Å²) in [6.45, 7) is 2.10. The van der Waals surface area contributed by atoms with Gasteiger partial charge >= 0.3 is 35.6 Å². The van der Waals surface area contributed by atoms with Crippen molar-refractivity contribution in [3.63, 3.8) is 0 Å². The van der Waals surface area contributed by atoms with E-state index in [-0.39, 0.29) is 0 Å². The molecule has 0 saturated heterocycles. The van der Waals surface area contributed by atoms with Gasteiger partial charge in [0, 0.05) is 11.8 Å². The number of hydrogen-bond acceptors (Lipinski definition) is 2. The Morgan fingerprint density at radius 3 is 2.38 bits per heavy atom. The Morgan fingerprint density at radius 2 is 1.77 bits per heavy atom. The summed E-state index contributed by atoms with van der Waals surface area (Å²) < 4.78 is 0. The van der Waals surface area contributed by atoms with Crippen molar-refractivity contribution in [2.24, 2.45) is 4.99 Å². The molecule has 2 nitrogen and oxygen atoms in total. The molecule has 26 heavy (non-hydrogen) atoms. The molecule has 138 valence electrons. The summed E-state index contributed by atoms with van der Waals surface area (Å²) in [4.78, 5) is 4.51. The van der Waals surface area contributed by atoms with Crippen LogP contribution in [-0.2, 0) is 23.5 Å². The predicted molar refractivity (Wildman–Crippen MR) is 109 cm³/mol. The molecule has 0 radical (unpaired) electrons. The Morgan fingerprint density at radius 1 is 1.12 bits per heavy atom. The van der Waals surface area contributed by atoms with E-state index in [0.29, 0.717) is 11.7 Å². The van der Waals surface area contributed by atoms with Gasteiger partial charge in [0.2, 0.25) is 0 Å². The van der Waals surface area contributed by atoms with Crippen molar-refractivity contribution in [2.75, 3.05) is 0 Å². The standard InChI is InChI=1S/C21H25NO.2ClH.Ti/c1-2-16-13-18(17-9-5-3-6-10-17)14-19(21(16)23)15-22-20-11-7-4-8-12-20;;;/h4,7-8,11-15,17,23H,2-3,5-6,9-10H2,1H3;2*1H;/q;;;+2/p-2. The van der Waals surface area contributed by atoms with Crippen molar-refractivity contribution in [2.45, 2.75) is 51.4 Å². The van der Waals surface area contributed by atoms with Crippen molar-refractivity contribution >= 4 is 30.5 Å². The van der Waals surface area contributed by atoms with Crippen LogP contribution in [0.15, 0.2) is 47.5 Å². The van der Waals surface area contributed by atoms with E-state index in [1.54, 1.807) is 6.21 Å². The van der Waals surface area contributed by atoms with Crippen LogP contribution in [0.2, 0.25) is 0 Å². The molecule has 1 fully saturated rings. The Kier molecular flexibility index (Phi) is 9.78. The number of phenolic OH excluding ortho intramolecular Hbond substituents is 1. The number of rotatable bonds is 4. The van der Waals surface area contributed by atoms with Gasteiger partial charge in [-0.1, -0.05) is 50.5 Å². The van der Waals surface area contributed by atoms with Crippen LogP contribution in [-0.4, -0.2) is 11.3 Å². The van der Waals surface area contributed by atoms with Gasteiger partial charge in [0.1, 0.15) is 5.75 Å². The number of hydrogen-bond donors (Lipinski definition) is 1. The fraction of sp³-hybridized carbons (Fsp3) is 0.381. The van der Waals surface area contributed by atoms with Crippen molar-refractivity contribution < 1.29 is 22.1 Å². The van der Waals surface area contributed by atoms with E-state index in [1.807, 2.05) is 30.3 Å². The molecule has 0 atom stereocenters. The summed E-state index contributed by atoms with van der Waals surface area (Å²) >= 11 is -0.556. The third-order valence-electron chi connectivity index (χ3n) is 4.81. The van der Waals surface area contributed by atoms with Gasteiger partial charge in [0.05, 0.1) is 5.69 Å². The van der Waals surface area contributed by atoms with E-state index < -0.39 is 17.0 Å². The number of aliphatic imine (C=N–C) groups is 1. The third-order valence-corrected chi connectivity index (χ3v) is 4.81. The molecule has 0 aromatic heterocycles. The number of aryl methyl sites for hydroxylation is 1. The molecular weight excluding hydrogens is 401 g/mol.